The van der Waals surface area contributed by atoms with Crippen molar-refractivity contribution < 1.29 is 4.74 Å². The molecule has 3 heterocycles. The van der Waals surface area contributed by atoms with Gasteiger partial charge < -0.3 is 14.5 Å². The molecule has 1 aliphatic heterocycles. The number of pyridine rings is 1. The zero-order valence-corrected chi connectivity index (χ0v) is 36.4. The van der Waals surface area contributed by atoms with E-state index in [1.807, 2.05) is 6.20 Å². The van der Waals surface area contributed by atoms with Crippen LogP contribution in [0, 0.1) is 0 Å². The van der Waals surface area contributed by atoms with Gasteiger partial charge in [-0.2, -0.15) is 0 Å². The first-order valence-corrected chi connectivity index (χ1v) is 21.2. The Morgan fingerprint density at radius 3 is 1.90 bits per heavy atom. The molecule has 5 heteroatoms. The normalized spacial score (nSPS) is 13.6. The summed E-state index contributed by atoms with van der Waals surface area (Å²) < 4.78 is 9.27. The molecule has 7 aromatic rings. The van der Waals surface area contributed by atoms with Crippen LogP contribution in [0.2, 0.25) is 0 Å². The maximum Gasteiger partial charge on any atom is 0.137 e. The fraction of sp³-hybridized carbons (Fsp3) is 0.340. The second kappa shape index (κ2) is 14.7. The van der Waals surface area contributed by atoms with Crippen molar-refractivity contribution >= 4 is 44.6 Å². The molecule has 0 spiro atoms. The van der Waals surface area contributed by atoms with Crippen molar-refractivity contribution in [3.8, 4) is 17.3 Å². The number of nitrogens with zero attached hydrogens (tertiary/aromatic N) is 4. The molecule has 0 N–H and O–H groups in total. The van der Waals surface area contributed by atoms with Crippen LogP contribution in [0.4, 0.5) is 22.7 Å². The van der Waals surface area contributed by atoms with Crippen LogP contribution in [-0.4, -0.2) is 16.2 Å². The largest absolute Gasteiger partial charge is 0.457 e. The lowest BCUT2D eigenvalue weighted by Crippen LogP contribution is -2.24. The molecule has 0 aliphatic carbocycles. The van der Waals surface area contributed by atoms with E-state index in [2.05, 4.69) is 206 Å². The molecule has 0 amide bonds. The number of ether oxygens (including phenoxy) is 1. The van der Waals surface area contributed by atoms with Crippen molar-refractivity contribution in [1.82, 2.24) is 9.55 Å². The molecule has 1 aliphatic rings. The average molecular weight is 769 g/mol. The Morgan fingerprint density at radius 1 is 0.552 bits per heavy atom. The van der Waals surface area contributed by atoms with Crippen molar-refractivity contribution in [2.75, 3.05) is 16.5 Å². The number of fused-ring (bicyclic) bond motifs is 4. The van der Waals surface area contributed by atoms with E-state index in [0.717, 1.165) is 46.9 Å². The smallest absolute Gasteiger partial charge is 0.137 e. The zero-order chi connectivity index (χ0) is 41.1. The Balaban J connectivity index is 1.23. The van der Waals surface area contributed by atoms with Gasteiger partial charge in [-0.05, 0) is 130 Å². The van der Waals surface area contributed by atoms with Gasteiger partial charge in [-0.1, -0.05) is 106 Å². The minimum Gasteiger partial charge on any atom is -0.457 e. The number of rotatable bonds is 8. The topological polar surface area (TPSA) is 33.5 Å². The molecule has 8 rings (SSSR count). The third kappa shape index (κ3) is 7.36. The minimum atomic E-state index is -0.0957. The van der Waals surface area contributed by atoms with Crippen molar-refractivity contribution in [2.24, 2.45) is 0 Å². The maximum absolute atomic E-state index is 6.96. The second-order valence-corrected chi connectivity index (χ2v) is 19.3. The molecular weight excluding hydrogens is 709 g/mol. The Bertz CT molecular complexity index is 2630. The molecule has 5 nitrogen and oxygen atoms in total. The third-order valence-corrected chi connectivity index (χ3v) is 12.1. The highest BCUT2D eigenvalue weighted by Crippen LogP contribution is 2.47. The number of hydrogen-bond acceptors (Lipinski definition) is 4. The predicted octanol–water partition coefficient (Wildman–Crippen LogP) is 15.0. The molecule has 58 heavy (non-hydrogen) atoms. The number of benzene rings is 5. The third-order valence-electron chi connectivity index (χ3n) is 12.1. The molecular formula is C53H60N4O. The first kappa shape index (κ1) is 39.3. The van der Waals surface area contributed by atoms with E-state index in [1.165, 1.54) is 50.1 Å². The molecule has 0 bridgehead atoms. The average Bonchev–Trinajstić information content (AvgIpc) is 3.73. The van der Waals surface area contributed by atoms with E-state index >= 15 is 0 Å². The van der Waals surface area contributed by atoms with Crippen LogP contribution in [0.1, 0.15) is 117 Å². The van der Waals surface area contributed by atoms with Crippen LogP contribution in [0.5, 0.6) is 11.5 Å². The van der Waals surface area contributed by atoms with E-state index in [9.17, 15) is 0 Å². The van der Waals surface area contributed by atoms with E-state index in [0.29, 0.717) is 12.6 Å². The van der Waals surface area contributed by atoms with Crippen LogP contribution >= 0.6 is 0 Å². The van der Waals surface area contributed by atoms with Crippen LogP contribution in [0.25, 0.3) is 27.6 Å². The summed E-state index contributed by atoms with van der Waals surface area (Å²) in [7, 11) is 0. The lowest BCUT2D eigenvalue weighted by atomic mass is 9.86. The van der Waals surface area contributed by atoms with Gasteiger partial charge in [0.2, 0.25) is 0 Å². The van der Waals surface area contributed by atoms with Crippen molar-refractivity contribution in [2.45, 2.75) is 111 Å². The fourth-order valence-corrected chi connectivity index (χ4v) is 8.51. The lowest BCUT2D eigenvalue weighted by molar-refractivity contribution is 0.479. The highest BCUT2D eigenvalue weighted by molar-refractivity contribution is 6.09. The van der Waals surface area contributed by atoms with Crippen molar-refractivity contribution in [3.63, 3.8) is 0 Å². The Morgan fingerprint density at radius 2 is 1.22 bits per heavy atom. The highest BCUT2D eigenvalue weighted by atomic mass is 16.5. The van der Waals surface area contributed by atoms with Gasteiger partial charge in [-0.15, -0.1) is 0 Å². The van der Waals surface area contributed by atoms with E-state index in [-0.39, 0.29) is 16.2 Å². The fourth-order valence-electron chi connectivity index (χ4n) is 8.51. The summed E-state index contributed by atoms with van der Waals surface area (Å²) in [4.78, 5) is 9.84. The van der Waals surface area contributed by atoms with Gasteiger partial charge in [-0.3, -0.25) is 4.57 Å². The standard InChI is InChI=1S/C53H60N4O/c1-12-35(13-2)36-17-16-18-40(27-36)55-34-56(48-20-15-14-19-47(48)55)41-28-39(53(9,10)11)29-43(32-41)58-42-22-23-44-45-30-37(51(3,4)5)21-24-46(45)57(49(44)33-42)50-31-38(25-26-54-50)52(6,7)8/h14-33,35H,12-13,34H2,1-11H3. The van der Waals surface area contributed by atoms with E-state index in [1.54, 1.807) is 0 Å². The van der Waals surface area contributed by atoms with Gasteiger partial charge in [0.25, 0.3) is 0 Å². The Hall–Kier alpha value is -5.55. The van der Waals surface area contributed by atoms with Gasteiger partial charge in [0, 0.05) is 40.5 Å². The van der Waals surface area contributed by atoms with Crippen LogP contribution in [0.3, 0.4) is 0 Å². The van der Waals surface area contributed by atoms with Gasteiger partial charge in [0.1, 0.15) is 24.0 Å². The number of aromatic nitrogens is 2. The Labute approximate surface area is 346 Å². The zero-order valence-electron chi connectivity index (χ0n) is 36.4. The molecule has 0 unspecified atom stereocenters. The lowest BCUT2D eigenvalue weighted by Gasteiger charge is -2.26. The molecule has 0 saturated heterocycles. The summed E-state index contributed by atoms with van der Waals surface area (Å²) >= 11 is 0. The van der Waals surface area contributed by atoms with Crippen molar-refractivity contribution in [3.05, 3.63) is 144 Å². The summed E-state index contributed by atoms with van der Waals surface area (Å²) in [5, 5.41) is 2.40. The summed E-state index contributed by atoms with van der Waals surface area (Å²) in [6.45, 7) is 25.7. The van der Waals surface area contributed by atoms with Crippen LogP contribution < -0.4 is 14.5 Å². The molecule has 2 aromatic heterocycles. The SMILES string of the molecule is CCC(CC)c1cccc(N2CN(c3cc(Oc4ccc5c6cc(C(C)(C)C)ccc6n(-c6cc(C(C)(C)C)ccn6)c5c4)cc(C(C)(C)C)c3)c3ccccc32)c1. The van der Waals surface area contributed by atoms with Crippen molar-refractivity contribution in [1.29, 1.82) is 0 Å². The van der Waals surface area contributed by atoms with Crippen LogP contribution in [-0.2, 0) is 16.2 Å². The summed E-state index contributed by atoms with van der Waals surface area (Å²) in [5.74, 6) is 3.08. The highest BCUT2D eigenvalue weighted by Gasteiger charge is 2.30. The maximum atomic E-state index is 6.96. The molecule has 0 atom stereocenters. The van der Waals surface area contributed by atoms with E-state index < -0.39 is 0 Å². The number of hydrogen-bond donors (Lipinski definition) is 0. The number of anilines is 4. The minimum absolute atomic E-state index is 0.00992. The summed E-state index contributed by atoms with van der Waals surface area (Å²) in [5.41, 5.74) is 12.1. The van der Waals surface area contributed by atoms with Gasteiger partial charge in [0.15, 0.2) is 0 Å². The number of para-hydroxylation sites is 2. The quantitative estimate of drug-likeness (QED) is 0.154. The summed E-state index contributed by atoms with van der Waals surface area (Å²) in [6, 6.07) is 42.5. The van der Waals surface area contributed by atoms with Gasteiger partial charge >= 0.3 is 0 Å². The molecule has 0 fully saturated rings. The predicted molar refractivity (Wildman–Crippen MR) is 247 cm³/mol. The first-order valence-electron chi connectivity index (χ1n) is 21.2. The molecule has 298 valence electrons. The van der Waals surface area contributed by atoms with E-state index in [4.69, 9.17) is 9.72 Å². The molecule has 0 radical (unpaired) electrons. The van der Waals surface area contributed by atoms with Gasteiger partial charge in [0.05, 0.1) is 22.4 Å². The van der Waals surface area contributed by atoms with Gasteiger partial charge in [-0.25, -0.2) is 4.98 Å². The second-order valence-electron chi connectivity index (χ2n) is 19.3. The summed E-state index contributed by atoms with van der Waals surface area (Å²) in [6.07, 6.45) is 4.22. The first-order chi connectivity index (χ1) is 27.5. The monoisotopic (exact) mass is 768 g/mol. The molecule has 5 aromatic carbocycles. The van der Waals surface area contributed by atoms with Crippen LogP contribution in [0.15, 0.2) is 121 Å². The molecule has 0 saturated carbocycles. The Kier molecular flexibility index (Phi) is 9.94.